The average molecular weight is 459 g/mol. The third-order valence-electron chi connectivity index (χ3n) is 6.63. The fraction of sp³-hybridized carbons (Fsp3) is 0.500. The van der Waals surface area contributed by atoms with Crippen LogP contribution in [-0.4, -0.2) is 43.0 Å². The van der Waals surface area contributed by atoms with Crippen molar-refractivity contribution in [3.63, 3.8) is 0 Å². The molecule has 1 aromatic carbocycles. The molecule has 0 radical (unpaired) electrons. The maximum Gasteiger partial charge on any atom is 0.227 e. The number of alkyl halides is 1. The Hall–Kier alpha value is -2.08. The summed E-state index contributed by atoms with van der Waals surface area (Å²) in [6.07, 6.45) is 4.13. The van der Waals surface area contributed by atoms with Crippen LogP contribution in [0.5, 0.6) is 0 Å². The van der Waals surface area contributed by atoms with Crippen molar-refractivity contribution in [2.24, 2.45) is 17.6 Å². The number of halogens is 1. The Morgan fingerprint density at radius 1 is 1.22 bits per heavy atom. The zero-order valence-corrected chi connectivity index (χ0v) is 19.6. The molecule has 1 aliphatic carbocycles. The molecule has 2 heterocycles. The number of nitrogens with two attached hydrogens (primary N) is 1. The van der Waals surface area contributed by atoms with Crippen LogP contribution in [-0.2, 0) is 9.53 Å². The summed E-state index contributed by atoms with van der Waals surface area (Å²) in [5.74, 6) is 0.454. The van der Waals surface area contributed by atoms with Gasteiger partial charge in [-0.1, -0.05) is 31.2 Å². The maximum atomic E-state index is 14.3. The number of hydrogen-bond donors (Lipinski definition) is 2. The van der Waals surface area contributed by atoms with Gasteiger partial charge in [-0.25, -0.2) is 9.37 Å². The lowest BCUT2D eigenvalue weighted by Crippen LogP contribution is -2.32. The van der Waals surface area contributed by atoms with E-state index in [-0.39, 0.29) is 37.1 Å². The first-order chi connectivity index (χ1) is 15.5. The largest absolute Gasteiger partial charge is 0.363 e. The zero-order valence-electron chi connectivity index (χ0n) is 18.5. The maximum absolute atomic E-state index is 14.3. The monoisotopic (exact) mass is 458 g/mol. The second-order valence-electron chi connectivity index (χ2n) is 8.84. The molecule has 1 aromatic heterocycles. The molecule has 1 amide bonds. The molecule has 0 bridgehead atoms. The number of ether oxygens (including phenoxy) is 1. The number of hydrogen-bond acceptors (Lipinski definition) is 5. The second kappa shape index (κ2) is 10.2. The number of carbonyl (C=O) groups is 1. The van der Waals surface area contributed by atoms with Gasteiger partial charge in [0.1, 0.15) is 6.17 Å². The van der Waals surface area contributed by atoms with Crippen molar-refractivity contribution >= 4 is 32.0 Å². The highest BCUT2D eigenvalue weighted by molar-refractivity contribution is 7.28. The van der Waals surface area contributed by atoms with E-state index < -0.39 is 6.17 Å². The molecule has 1 aliphatic heterocycles. The summed E-state index contributed by atoms with van der Waals surface area (Å²) in [6.45, 7) is 2.98. The number of aromatic nitrogens is 1. The zero-order chi connectivity index (χ0) is 22.7. The first kappa shape index (κ1) is 23.1. The minimum atomic E-state index is -0.907. The van der Waals surface area contributed by atoms with Crippen molar-refractivity contribution in [3.05, 3.63) is 36.5 Å². The molecule has 4 rings (SSSR count). The average Bonchev–Trinajstić information content (AvgIpc) is 3.13. The molecule has 2 fully saturated rings. The number of carbonyl (C=O) groups excluding carboxylic acids is 1. The summed E-state index contributed by atoms with van der Waals surface area (Å²) in [4.78, 5) is 19.8. The van der Waals surface area contributed by atoms with E-state index in [9.17, 15) is 9.18 Å². The summed E-state index contributed by atoms with van der Waals surface area (Å²) >= 11 is 0. The van der Waals surface area contributed by atoms with Gasteiger partial charge in [0, 0.05) is 30.1 Å². The first-order valence-electron chi connectivity index (χ1n) is 11.3. The van der Waals surface area contributed by atoms with E-state index >= 15 is 0 Å². The van der Waals surface area contributed by atoms with E-state index in [1.165, 1.54) is 0 Å². The van der Waals surface area contributed by atoms with E-state index in [1.54, 1.807) is 6.20 Å². The standard InChI is InChI=1S/C24H32FN4O2P/c1-15-12-29(13-20(15)25)23-22(19(10-11-27-23)18-4-2-3-5-21(18)32)28-24(30)16-6-8-17(9-7-16)31-14-26/h2-5,10-11,15-17,20H,6-9,12-14,26,32H2,1H3,(H,28,30)/t15-,16?,17?,20+/m0/s1. The number of rotatable bonds is 6. The van der Waals surface area contributed by atoms with Crippen LogP contribution in [0.2, 0.25) is 0 Å². The van der Waals surface area contributed by atoms with Gasteiger partial charge in [-0.2, -0.15) is 0 Å². The summed E-state index contributed by atoms with van der Waals surface area (Å²) in [5, 5.41) is 4.21. The van der Waals surface area contributed by atoms with Crippen LogP contribution in [0.4, 0.5) is 15.9 Å². The molecule has 172 valence electrons. The molecule has 1 saturated carbocycles. The van der Waals surface area contributed by atoms with Crippen LogP contribution in [0, 0.1) is 11.8 Å². The minimum absolute atomic E-state index is 0.0167. The fourth-order valence-corrected chi connectivity index (χ4v) is 5.10. The Labute approximate surface area is 191 Å². The van der Waals surface area contributed by atoms with Crippen molar-refractivity contribution in [1.82, 2.24) is 4.98 Å². The quantitative estimate of drug-likeness (QED) is 0.512. The highest BCUT2D eigenvalue weighted by atomic mass is 31.0. The SMILES string of the molecule is C[C@H]1CN(c2nccc(-c3ccccc3P)c2NC(=O)C2CCC(OCN)CC2)C[C@H]1F. The highest BCUT2D eigenvalue weighted by Crippen LogP contribution is 2.38. The van der Waals surface area contributed by atoms with Crippen LogP contribution in [0.1, 0.15) is 32.6 Å². The smallest absolute Gasteiger partial charge is 0.227 e. The van der Waals surface area contributed by atoms with E-state index in [0.29, 0.717) is 18.1 Å². The normalized spacial score (nSPS) is 25.7. The lowest BCUT2D eigenvalue weighted by atomic mass is 9.86. The molecule has 3 atom stereocenters. The van der Waals surface area contributed by atoms with Crippen LogP contribution >= 0.6 is 9.24 Å². The Morgan fingerprint density at radius 3 is 2.62 bits per heavy atom. The molecular formula is C24H32FN4O2P. The van der Waals surface area contributed by atoms with Gasteiger partial charge in [0.2, 0.25) is 5.91 Å². The van der Waals surface area contributed by atoms with Gasteiger partial charge in [0.25, 0.3) is 0 Å². The van der Waals surface area contributed by atoms with Crippen LogP contribution in [0.25, 0.3) is 11.1 Å². The molecule has 0 spiro atoms. The van der Waals surface area contributed by atoms with Gasteiger partial charge < -0.3 is 20.7 Å². The third-order valence-corrected chi connectivity index (χ3v) is 7.13. The molecule has 32 heavy (non-hydrogen) atoms. The number of anilines is 2. The predicted molar refractivity (Wildman–Crippen MR) is 130 cm³/mol. The van der Waals surface area contributed by atoms with Gasteiger partial charge in [0.15, 0.2) is 5.82 Å². The number of nitrogens with zero attached hydrogens (tertiary/aromatic N) is 2. The molecule has 3 N–H and O–H groups in total. The Morgan fingerprint density at radius 2 is 1.97 bits per heavy atom. The topological polar surface area (TPSA) is 80.5 Å². The van der Waals surface area contributed by atoms with Crippen molar-refractivity contribution in [2.45, 2.75) is 44.9 Å². The Bertz CT molecular complexity index is 941. The van der Waals surface area contributed by atoms with E-state index in [0.717, 1.165) is 42.1 Å². The molecule has 1 saturated heterocycles. The van der Waals surface area contributed by atoms with Crippen molar-refractivity contribution in [2.75, 3.05) is 30.0 Å². The lowest BCUT2D eigenvalue weighted by Gasteiger charge is -2.29. The van der Waals surface area contributed by atoms with E-state index in [4.69, 9.17) is 10.5 Å². The van der Waals surface area contributed by atoms with Crippen molar-refractivity contribution in [1.29, 1.82) is 0 Å². The summed E-state index contributed by atoms with van der Waals surface area (Å²) < 4.78 is 19.9. The first-order valence-corrected chi connectivity index (χ1v) is 11.9. The van der Waals surface area contributed by atoms with E-state index in [1.807, 2.05) is 42.2 Å². The van der Waals surface area contributed by atoms with Crippen LogP contribution in [0.15, 0.2) is 36.5 Å². The third kappa shape index (κ3) is 4.95. The van der Waals surface area contributed by atoms with E-state index in [2.05, 4.69) is 19.5 Å². The number of benzene rings is 1. The minimum Gasteiger partial charge on any atom is -0.363 e. The van der Waals surface area contributed by atoms with Gasteiger partial charge in [0.05, 0.1) is 25.1 Å². The molecule has 2 aliphatic rings. The van der Waals surface area contributed by atoms with Crippen molar-refractivity contribution < 1.29 is 13.9 Å². The molecule has 1 unspecified atom stereocenters. The van der Waals surface area contributed by atoms with Crippen molar-refractivity contribution in [3.8, 4) is 11.1 Å². The number of amides is 1. The summed E-state index contributed by atoms with van der Waals surface area (Å²) in [7, 11) is 2.75. The highest BCUT2D eigenvalue weighted by Gasteiger charge is 2.33. The summed E-state index contributed by atoms with van der Waals surface area (Å²) in [6, 6.07) is 9.91. The second-order valence-corrected chi connectivity index (χ2v) is 9.46. The Balaban J connectivity index is 1.64. The van der Waals surface area contributed by atoms with Crippen LogP contribution < -0.4 is 21.3 Å². The lowest BCUT2D eigenvalue weighted by molar-refractivity contribution is -0.121. The molecule has 6 nitrogen and oxygen atoms in total. The van der Waals surface area contributed by atoms with Gasteiger partial charge in [-0.3, -0.25) is 4.79 Å². The molecule has 8 heteroatoms. The van der Waals surface area contributed by atoms with Gasteiger partial charge >= 0.3 is 0 Å². The fourth-order valence-electron chi connectivity index (χ4n) is 4.73. The predicted octanol–water partition coefficient (Wildman–Crippen LogP) is 3.47. The number of pyridine rings is 1. The van der Waals surface area contributed by atoms with Crippen LogP contribution in [0.3, 0.4) is 0 Å². The molecule has 2 aromatic rings. The van der Waals surface area contributed by atoms with Gasteiger partial charge in [-0.05, 0) is 42.6 Å². The summed E-state index contributed by atoms with van der Waals surface area (Å²) in [5.41, 5.74) is 8.05. The molecular weight excluding hydrogens is 426 g/mol. The number of nitrogens with one attached hydrogen (secondary N) is 1. The van der Waals surface area contributed by atoms with Gasteiger partial charge in [-0.15, -0.1) is 9.24 Å². The Kier molecular flexibility index (Phi) is 7.39.